The highest BCUT2D eigenvalue weighted by Gasteiger charge is 2.58. The summed E-state index contributed by atoms with van der Waals surface area (Å²) in [5, 5.41) is 15.1. The zero-order valence-electron chi connectivity index (χ0n) is 21.2. The number of rotatable bonds is 6. The molecule has 1 aromatic heterocycles. The van der Waals surface area contributed by atoms with Gasteiger partial charge in [0.05, 0.1) is 25.6 Å². The number of hydrogen-bond acceptors (Lipinski definition) is 4. The first-order valence-corrected chi connectivity index (χ1v) is 12.8. The average Bonchev–Trinajstić information content (AvgIpc) is 3.27. The first-order chi connectivity index (χ1) is 19.2. The van der Waals surface area contributed by atoms with E-state index in [0.717, 1.165) is 21.2 Å². The normalized spacial score (nSPS) is 18.1. The zero-order chi connectivity index (χ0) is 28.3. The summed E-state index contributed by atoms with van der Waals surface area (Å²) in [6.07, 6.45) is 5.72. The third-order valence-electron chi connectivity index (χ3n) is 6.88. The minimum Gasteiger partial charge on any atom is -0.343 e. The molecule has 1 aliphatic heterocycles. The number of fused-ring (bicyclic) bond motifs is 1. The Bertz CT molecular complexity index is 1670. The van der Waals surface area contributed by atoms with Gasteiger partial charge in [-0.1, -0.05) is 72.3 Å². The van der Waals surface area contributed by atoms with Gasteiger partial charge in [-0.15, -0.1) is 0 Å². The highest BCUT2D eigenvalue weighted by molar-refractivity contribution is 6.31. The Morgan fingerprint density at radius 1 is 1.05 bits per heavy atom. The van der Waals surface area contributed by atoms with Crippen LogP contribution in [-0.2, 0) is 10.3 Å². The molecule has 0 spiro atoms. The van der Waals surface area contributed by atoms with Crippen molar-refractivity contribution in [3.63, 3.8) is 0 Å². The summed E-state index contributed by atoms with van der Waals surface area (Å²) in [6.45, 7) is -1.46. The molecule has 4 aromatic rings. The highest BCUT2D eigenvalue weighted by atomic mass is 35.5. The van der Waals surface area contributed by atoms with Crippen molar-refractivity contribution in [1.29, 1.82) is 5.26 Å². The Labute approximate surface area is 234 Å². The van der Waals surface area contributed by atoms with Crippen molar-refractivity contribution in [3.05, 3.63) is 112 Å². The lowest BCUT2D eigenvalue weighted by Crippen LogP contribution is -2.48. The molecule has 2 amide bonds. The van der Waals surface area contributed by atoms with Gasteiger partial charge in [-0.3, -0.25) is 14.6 Å². The molecule has 9 heteroatoms. The van der Waals surface area contributed by atoms with E-state index in [1.165, 1.54) is 18.5 Å². The van der Waals surface area contributed by atoms with Crippen LogP contribution in [0.1, 0.15) is 33.5 Å². The van der Waals surface area contributed by atoms with Crippen LogP contribution >= 0.6 is 11.6 Å². The number of carbonyl (C=O) groups is 2. The maximum atomic E-state index is 14.5. The minimum atomic E-state index is -3.25. The maximum Gasteiger partial charge on any atom is 0.269 e. The first-order valence-electron chi connectivity index (χ1n) is 12.5. The molecule has 1 saturated heterocycles. The standard InChI is InChI=1S/C31H23ClF2N4O2/c32-26-11-10-22-14-21(6-8-23(22)15-26)7-9-24-16-36-13-12-27(24)29(40)37-17-28(39)38-20-31(33,34)18-30(38,19-35)25-4-2-1-3-5-25/h1-16H,17-18,20H2,(H,37,40)/b9-7+/t30-/m0/s1. The van der Waals surface area contributed by atoms with Crippen LogP contribution in [0.3, 0.4) is 0 Å². The van der Waals surface area contributed by atoms with Crippen LogP contribution in [0.25, 0.3) is 22.9 Å². The van der Waals surface area contributed by atoms with Crippen LogP contribution in [0.4, 0.5) is 8.78 Å². The number of benzene rings is 3. The lowest BCUT2D eigenvalue weighted by molar-refractivity contribution is -0.133. The fourth-order valence-corrected chi connectivity index (χ4v) is 5.13. The fraction of sp³-hybridized carbons (Fsp3) is 0.161. The van der Waals surface area contributed by atoms with Crippen LogP contribution in [0, 0.1) is 11.3 Å². The summed E-state index contributed by atoms with van der Waals surface area (Å²) in [6, 6.07) is 23.0. The summed E-state index contributed by atoms with van der Waals surface area (Å²) in [5.41, 5.74) is 0.124. The van der Waals surface area contributed by atoms with Crippen molar-refractivity contribution in [2.24, 2.45) is 0 Å². The molecule has 1 N–H and O–H groups in total. The lowest BCUT2D eigenvalue weighted by atomic mass is 9.88. The number of nitrogens with one attached hydrogen (secondary N) is 1. The third-order valence-corrected chi connectivity index (χ3v) is 7.12. The number of pyridine rings is 1. The van der Waals surface area contributed by atoms with Crippen molar-refractivity contribution in [3.8, 4) is 6.07 Å². The molecule has 0 radical (unpaired) electrons. The van der Waals surface area contributed by atoms with E-state index in [9.17, 15) is 23.6 Å². The van der Waals surface area contributed by atoms with Crippen molar-refractivity contribution >= 4 is 46.3 Å². The fourth-order valence-electron chi connectivity index (χ4n) is 4.95. The number of halogens is 3. The van der Waals surface area contributed by atoms with Crippen molar-refractivity contribution in [1.82, 2.24) is 15.2 Å². The van der Waals surface area contributed by atoms with E-state index in [1.54, 1.807) is 36.4 Å². The smallest absolute Gasteiger partial charge is 0.269 e. The van der Waals surface area contributed by atoms with Gasteiger partial charge in [-0.25, -0.2) is 8.78 Å². The maximum absolute atomic E-state index is 14.5. The SMILES string of the molecule is N#C[C@]1(c2ccccc2)CC(F)(F)CN1C(=O)CNC(=O)c1ccncc1/C=C/c1ccc2cc(Cl)ccc2c1. The van der Waals surface area contributed by atoms with E-state index in [1.807, 2.05) is 48.5 Å². The molecular weight excluding hydrogens is 534 g/mol. The Balaban J connectivity index is 1.32. The number of hydrogen-bond donors (Lipinski definition) is 1. The number of amides is 2. The second-order valence-electron chi connectivity index (χ2n) is 9.58. The van der Waals surface area contributed by atoms with Crippen molar-refractivity contribution in [2.75, 3.05) is 13.1 Å². The van der Waals surface area contributed by atoms with E-state index < -0.39 is 42.8 Å². The van der Waals surface area contributed by atoms with E-state index in [2.05, 4.69) is 10.3 Å². The molecule has 200 valence electrons. The van der Waals surface area contributed by atoms with Crippen molar-refractivity contribution in [2.45, 2.75) is 17.9 Å². The van der Waals surface area contributed by atoms with Crippen LogP contribution < -0.4 is 5.32 Å². The summed E-state index contributed by atoms with van der Waals surface area (Å²) >= 11 is 6.06. The quantitative estimate of drug-likeness (QED) is 0.312. The molecule has 1 fully saturated rings. The average molecular weight is 557 g/mol. The van der Waals surface area contributed by atoms with E-state index in [0.29, 0.717) is 16.1 Å². The molecule has 6 nitrogen and oxygen atoms in total. The predicted octanol–water partition coefficient (Wildman–Crippen LogP) is 6.08. The number of alkyl halides is 2. The number of nitrogens with zero attached hydrogens (tertiary/aromatic N) is 3. The lowest BCUT2D eigenvalue weighted by Gasteiger charge is -2.32. The molecule has 5 rings (SSSR count). The molecule has 40 heavy (non-hydrogen) atoms. The third kappa shape index (κ3) is 5.42. The summed E-state index contributed by atoms with van der Waals surface area (Å²) in [5.74, 6) is -4.60. The minimum absolute atomic E-state index is 0.257. The Hall–Kier alpha value is -4.61. The molecule has 3 aromatic carbocycles. The number of likely N-dealkylation sites (tertiary alicyclic amines) is 1. The molecule has 0 saturated carbocycles. The van der Waals surface area contributed by atoms with Crippen LogP contribution in [0.5, 0.6) is 0 Å². The molecule has 0 bridgehead atoms. The topological polar surface area (TPSA) is 86.1 Å². The van der Waals surface area contributed by atoms with Gasteiger partial charge in [0.15, 0.2) is 5.54 Å². The van der Waals surface area contributed by atoms with E-state index in [-0.39, 0.29) is 5.56 Å². The van der Waals surface area contributed by atoms with Gasteiger partial charge >= 0.3 is 0 Å². The van der Waals surface area contributed by atoms with Gasteiger partial charge in [-0.05, 0) is 46.2 Å². The summed E-state index contributed by atoms with van der Waals surface area (Å²) in [4.78, 5) is 31.2. The predicted molar refractivity (Wildman–Crippen MR) is 149 cm³/mol. The van der Waals surface area contributed by atoms with Crippen molar-refractivity contribution < 1.29 is 18.4 Å². The molecule has 2 heterocycles. The highest BCUT2D eigenvalue weighted by Crippen LogP contribution is 2.45. The summed E-state index contributed by atoms with van der Waals surface area (Å²) in [7, 11) is 0. The first kappa shape index (κ1) is 27.0. The monoisotopic (exact) mass is 556 g/mol. The second-order valence-corrected chi connectivity index (χ2v) is 10.0. The Kier molecular flexibility index (Phi) is 7.33. The number of carbonyl (C=O) groups excluding carboxylic acids is 2. The van der Waals surface area contributed by atoms with E-state index >= 15 is 0 Å². The molecular formula is C31H23ClF2N4O2. The second kappa shape index (κ2) is 10.9. The number of aromatic nitrogens is 1. The van der Waals surface area contributed by atoms with Crippen LogP contribution in [0.15, 0.2) is 85.2 Å². The van der Waals surface area contributed by atoms with E-state index in [4.69, 9.17) is 11.6 Å². The van der Waals surface area contributed by atoms with Gasteiger partial charge in [0.25, 0.3) is 11.8 Å². The van der Waals surface area contributed by atoms with Gasteiger partial charge in [0, 0.05) is 28.5 Å². The van der Waals surface area contributed by atoms with Gasteiger partial charge in [-0.2, -0.15) is 5.26 Å². The Morgan fingerprint density at radius 2 is 1.80 bits per heavy atom. The Morgan fingerprint density at radius 3 is 2.58 bits per heavy atom. The van der Waals surface area contributed by atoms with Crippen LogP contribution in [0.2, 0.25) is 5.02 Å². The zero-order valence-corrected chi connectivity index (χ0v) is 21.9. The molecule has 0 unspecified atom stereocenters. The molecule has 0 aliphatic carbocycles. The van der Waals surface area contributed by atoms with Crippen LogP contribution in [-0.4, -0.2) is 40.7 Å². The van der Waals surface area contributed by atoms with Gasteiger partial charge < -0.3 is 10.2 Å². The van der Waals surface area contributed by atoms with Gasteiger partial charge in [0.1, 0.15) is 0 Å². The molecule has 1 atom stereocenters. The largest absolute Gasteiger partial charge is 0.343 e. The molecule has 1 aliphatic rings. The summed E-state index contributed by atoms with van der Waals surface area (Å²) < 4.78 is 29.0. The number of nitriles is 1. The van der Waals surface area contributed by atoms with Gasteiger partial charge in [0.2, 0.25) is 5.91 Å².